The molecule has 2 heterocycles. The van der Waals surface area contributed by atoms with Gasteiger partial charge in [0.05, 0.1) is 19.8 Å². The average molecular weight is 237 g/mol. The zero-order valence-corrected chi connectivity index (χ0v) is 9.93. The van der Waals surface area contributed by atoms with Gasteiger partial charge in [-0.05, 0) is 6.07 Å². The van der Waals surface area contributed by atoms with Crippen LogP contribution < -0.4 is 11.1 Å². The summed E-state index contributed by atoms with van der Waals surface area (Å²) in [7, 11) is 0. The van der Waals surface area contributed by atoms with Gasteiger partial charge in [0.25, 0.3) is 0 Å². The van der Waals surface area contributed by atoms with Crippen LogP contribution in [0.15, 0.2) is 12.3 Å². The lowest BCUT2D eigenvalue weighted by Gasteiger charge is -2.26. The molecule has 3 N–H and O–H groups in total. The molecule has 2 rings (SSSR count). The average Bonchev–Trinajstić information content (AvgIpc) is 2.40. The number of nitrogens with one attached hydrogen (secondary N) is 1. The second kappa shape index (κ2) is 6.48. The van der Waals surface area contributed by atoms with Crippen molar-refractivity contribution in [3.63, 3.8) is 0 Å². The molecule has 1 saturated heterocycles. The van der Waals surface area contributed by atoms with Gasteiger partial charge in [0, 0.05) is 32.4 Å². The van der Waals surface area contributed by atoms with Gasteiger partial charge >= 0.3 is 0 Å². The highest BCUT2D eigenvalue weighted by atomic mass is 16.5. The van der Waals surface area contributed by atoms with Crippen LogP contribution in [0.2, 0.25) is 0 Å². The number of nitrogens with zero attached hydrogens (tertiary/aromatic N) is 3. The van der Waals surface area contributed by atoms with Crippen molar-refractivity contribution in [1.29, 1.82) is 0 Å². The molecule has 94 valence electrons. The van der Waals surface area contributed by atoms with E-state index in [0.717, 1.165) is 45.2 Å². The molecule has 0 unspecified atom stereocenters. The van der Waals surface area contributed by atoms with Crippen LogP contribution in [0.1, 0.15) is 5.82 Å². The molecule has 1 aliphatic heterocycles. The number of aromatic nitrogens is 2. The number of rotatable bonds is 5. The normalized spacial score (nSPS) is 17.0. The van der Waals surface area contributed by atoms with E-state index < -0.39 is 0 Å². The molecule has 1 fully saturated rings. The van der Waals surface area contributed by atoms with Crippen molar-refractivity contribution in [2.45, 2.75) is 6.54 Å². The standard InChI is InChI=1S/C11H19N5O/c12-9-11-13-2-1-10(15-11)14-3-4-16-5-7-17-8-6-16/h1-2H,3-9,12H2,(H,13,14,15). The van der Waals surface area contributed by atoms with Gasteiger partial charge in [-0.25, -0.2) is 9.97 Å². The van der Waals surface area contributed by atoms with Gasteiger partial charge in [-0.15, -0.1) is 0 Å². The maximum absolute atomic E-state index is 5.49. The van der Waals surface area contributed by atoms with E-state index in [1.54, 1.807) is 6.20 Å². The van der Waals surface area contributed by atoms with Crippen LogP contribution >= 0.6 is 0 Å². The molecule has 0 bridgehead atoms. The Morgan fingerprint density at radius 2 is 2.24 bits per heavy atom. The second-order valence-electron chi connectivity index (χ2n) is 3.94. The third-order valence-electron chi connectivity index (χ3n) is 2.73. The first kappa shape index (κ1) is 12.2. The van der Waals surface area contributed by atoms with Crippen LogP contribution in [-0.4, -0.2) is 54.3 Å². The molecule has 6 heteroatoms. The summed E-state index contributed by atoms with van der Waals surface area (Å²) in [5.74, 6) is 1.51. The van der Waals surface area contributed by atoms with Gasteiger partial charge in [0.1, 0.15) is 11.6 Å². The first-order valence-electron chi connectivity index (χ1n) is 5.94. The van der Waals surface area contributed by atoms with Crippen molar-refractivity contribution in [2.75, 3.05) is 44.7 Å². The zero-order chi connectivity index (χ0) is 11.9. The molecule has 0 aliphatic carbocycles. The molecule has 6 nitrogen and oxygen atoms in total. The van der Waals surface area contributed by atoms with E-state index in [2.05, 4.69) is 20.2 Å². The molecule has 0 spiro atoms. The highest BCUT2D eigenvalue weighted by molar-refractivity contribution is 5.32. The van der Waals surface area contributed by atoms with Crippen LogP contribution in [0.3, 0.4) is 0 Å². The van der Waals surface area contributed by atoms with Crippen molar-refractivity contribution >= 4 is 5.82 Å². The molecule has 0 saturated carbocycles. The van der Waals surface area contributed by atoms with E-state index in [0.29, 0.717) is 12.4 Å². The molecule has 0 amide bonds. The van der Waals surface area contributed by atoms with Crippen molar-refractivity contribution < 1.29 is 4.74 Å². The van der Waals surface area contributed by atoms with E-state index in [9.17, 15) is 0 Å². The summed E-state index contributed by atoms with van der Waals surface area (Å²) in [6.07, 6.45) is 1.73. The number of hydrogen-bond acceptors (Lipinski definition) is 6. The Morgan fingerprint density at radius 3 is 3.00 bits per heavy atom. The van der Waals surface area contributed by atoms with Crippen LogP contribution in [-0.2, 0) is 11.3 Å². The zero-order valence-electron chi connectivity index (χ0n) is 9.93. The molecule has 17 heavy (non-hydrogen) atoms. The maximum atomic E-state index is 5.49. The summed E-state index contributed by atoms with van der Waals surface area (Å²) < 4.78 is 5.30. The van der Waals surface area contributed by atoms with E-state index in [4.69, 9.17) is 10.5 Å². The first-order valence-corrected chi connectivity index (χ1v) is 5.94. The molecule has 0 atom stereocenters. The van der Waals surface area contributed by atoms with Crippen molar-refractivity contribution in [3.05, 3.63) is 18.1 Å². The van der Waals surface area contributed by atoms with Crippen LogP contribution in [0, 0.1) is 0 Å². The number of nitrogens with two attached hydrogens (primary N) is 1. The lowest BCUT2D eigenvalue weighted by atomic mass is 10.4. The Balaban J connectivity index is 1.73. The summed E-state index contributed by atoms with van der Waals surface area (Å²) >= 11 is 0. The van der Waals surface area contributed by atoms with E-state index in [-0.39, 0.29) is 0 Å². The summed E-state index contributed by atoms with van der Waals surface area (Å²) in [5.41, 5.74) is 5.49. The SMILES string of the molecule is NCc1nccc(NCCN2CCOCC2)n1. The van der Waals surface area contributed by atoms with E-state index >= 15 is 0 Å². The fourth-order valence-electron chi connectivity index (χ4n) is 1.76. The highest BCUT2D eigenvalue weighted by Gasteiger charge is 2.09. The molecule has 0 radical (unpaired) electrons. The second-order valence-corrected chi connectivity index (χ2v) is 3.94. The Hall–Kier alpha value is -1.24. The van der Waals surface area contributed by atoms with Gasteiger partial charge in [0.2, 0.25) is 0 Å². The topological polar surface area (TPSA) is 76.3 Å². The first-order chi connectivity index (χ1) is 8.38. The smallest absolute Gasteiger partial charge is 0.144 e. The van der Waals surface area contributed by atoms with Crippen molar-refractivity contribution in [1.82, 2.24) is 14.9 Å². The molecular formula is C11H19N5O. The summed E-state index contributed by atoms with van der Waals surface area (Å²) in [6, 6.07) is 1.86. The van der Waals surface area contributed by atoms with Gasteiger partial charge in [-0.1, -0.05) is 0 Å². The Bertz CT molecular complexity index is 340. The molecule has 1 aromatic heterocycles. The van der Waals surface area contributed by atoms with Gasteiger partial charge in [0.15, 0.2) is 0 Å². The number of morpholine rings is 1. The summed E-state index contributed by atoms with van der Waals surface area (Å²) in [6.45, 7) is 5.96. The van der Waals surface area contributed by atoms with Crippen LogP contribution in [0.4, 0.5) is 5.82 Å². The quantitative estimate of drug-likeness (QED) is 0.731. The fraction of sp³-hybridized carbons (Fsp3) is 0.636. The molecular weight excluding hydrogens is 218 g/mol. The minimum atomic E-state index is 0.374. The number of anilines is 1. The lowest BCUT2D eigenvalue weighted by Crippen LogP contribution is -2.39. The maximum Gasteiger partial charge on any atom is 0.144 e. The minimum absolute atomic E-state index is 0.374. The van der Waals surface area contributed by atoms with Crippen molar-refractivity contribution in [3.8, 4) is 0 Å². The molecule has 1 aliphatic rings. The van der Waals surface area contributed by atoms with Gasteiger partial charge in [-0.2, -0.15) is 0 Å². The van der Waals surface area contributed by atoms with E-state index in [1.807, 2.05) is 6.07 Å². The highest BCUT2D eigenvalue weighted by Crippen LogP contribution is 2.02. The van der Waals surface area contributed by atoms with Gasteiger partial charge in [-0.3, -0.25) is 4.90 Å². The van der Waals surface area contributed by atoms with Crippen molar-refractivity contribution in [2.24, 2.45) is 5.73 Å². The monoisotopic (exact) mass is 237 g/mol. The Kier molecular flexibility index (Phi) is 4.66. The number of ether oxygens (including phenoxy) is 1. The molecule has 0 aromatic carbocycles. The number of hydrogen-bond donors (Lipinski definition) is 2. The van der Waals surface area contributed by atoms with E-state index in [1.165, 1.54) is 0 Å². The predicted molar refractivity (Wildman–Crippen MR) is 65.7 cm³/mol. The summed E-state index contributed by atoms with van der Waals surface area (Å²) in [4.78, 5) is 10.7. The predicted octanol–water partition coefficient (Wildman–Crippen LogP) is -0.321. The third kappa shape index (κ3) is 3.92. The summed E-state index contributed by atoms with van der Waals surface area (Å²) in [5, 5.41) is 3.28. The van der Waals surface area contributed by atoms with Gasteiger partial charge < -0.3 is 15.8 Å². The minimum Gasteiger partial charge on any atom is -0.379 e. The Morgan fingerprint density at radius 1 is 1.41 bits per heavy atom. The Labute approximate surface area is 101 Å². The third-order valence-corrected chi connectivity index (χ3v) is 2.73. The lowest BCUT2D eigenvalue weighted by molar-refractivity contribution is 0.0398. The van der Waals surface area contributed by atoms with Crippen LogP contribution in [0.25, 0.3) is 0 Å². The van der Waals surface area contributed by atoms with Crippen LogP contribution in [0.5, 0.6) is 0 Å². The fourth-order valence-corrected chi connectivity index (χ4v) is 1.76. The largest absolute Gasteiger partial charge is 0.379 e. The molecule has 1 aromatic rings.